The van der Waals surface area contributed by atoms with Crippen LogP contribution in [0.3, 0.4) is 0 Å². The maximum absolute atomic E-state index is 12.5. The van der Waals surface area contributed by atoms with E-state index < -0.39 is 10.0 Å². The van der Waals surface area contributed by atoms with Crippen molar-refractivity contribution < 1.29 is 13.2 Å². The minimum Gasteiger partial charge on any atom is -0.288 e. The van der Waals surface area contributed by atoms with Crippen LogP contribution >= 0.6 is 0 Å². The van der Waals surface area contributed by atoms with E-state index in [0.29, 0.717) is 18.7 Å². The van der Waals surface area contributed by atoms with Crippen molar-refractivity contribution in [3.8, 4) is 0 Å². The lowest BCUT2D eigenvalue weighted by molar-refractivity contribution is 0.0951. The predicted octanol–water partition coefficient (Wildman–Crippen LogP) is 2.25. The van der Waals surface area contributed by atoms with Gasteiger partial charge in [-0.15, -0.1) is 0 Å². The first kappa shape index (κ1) is 17.4. The second-order valence-electron chi connectivity index (χ2n) is 5.97. The monoisotopic (exact) mass is 359 g/mol. The molecule has 1 aliphatic rings. The molecule has 2 aromatic rings. The summed E-state index contributed by atoms with van der Waals surface area (Å²) in [5.41, 5.74) is 4.02. The van der Waals surface area contributed by atoms with Gasteiger partial charge in [-0.2, -0.15) is 4.31 Å². The van der Waals surface area contributed by atoms with Gasteiger partial charge in [-0.05, 0) is 49.2 Å². The quantitative estimate of drug-likeness (QED) is 0.832. The van der Waals surface area contributed by atoms with Gasteiger partial charge in [-0.1, -0.05) is 18.2 Å². The number of hydrogen-bond donors (Lipinski definition) is 1. The average molecular weight is 359 g/mol. The Kier molecular flexibility index (Phi) is 5.06. The van der Waals surface area contributed by atoms with Crippen LogP contribution < -0.4 is 10.4 Å². The topological polar surface area (TPSA) is 69.7 Å². The molecule has 1 amide bonds. The molecule has 0 atom stereocenters. The van der Waals surface area contributed by atoms with Crippen molar-refractivity contribution in [2.75, 3.05) is 25.1 Å². The lowest BCUT2D eigenvalue weighted by atomic mass is 10.2. The van der Waals surface area contributed by atoms with Crippen molar-refractivity contribution in [3.63, 3.8) is 0 Å². The van der Waals surface area contributed by atoms with E-state index in [-0.39, 0.29) is 10.8 Å². The van der Waals surface area contributed by atoms with Gasteiger partial charge in [-0.25, -0.2) is 8.42 Å². The van der Waals surface area contributed by atoms with Crippen molar-refractivity contribution in [1.82, 2.24) is 9.73 Å². The Morgan fingerprint density at radius 3 is 2.20 bits per heavy atom. The fourth-order valence-corrected chi connectivity index (χ4v) is 4.31. The number of anilines is 1. The fraction of sp³-hybridized carbons (Fsp3) is 0.278. The van der Waals surface area contributed by atoms with Gasteiger partial charge in [0, 0.05) is 25.7 Å². The van der Waals surface area contributed by atoms with Crippen LogP contribution in [-0.2, 0) is 10.0 Å². The van der Waals surface area contributed by atoms with Crippen LogP contribution in [0.25, 0.3) is 0 Å². The van der Waals surface area contributed by atoms with E-state index >= 15 is 0 Å². The molecule has 0 saturated carbocycles. The molecular weight excluding hydrogens is 338 g/mol. The van der Waals surface area contributed by atoms with Gasteiger partial charge in [0.1, 0.15) is 0 Å². The molecule has 2 aromatic carbocycles. The highest BCUT2D eigenvalue weighted by Crippen LogP contribution is 2.21. The van der Waals surface area contributed by atoms with Gasteiger partial charge >= 0.3 is 0 Å². The van der Waals surface area contributed by atoms with Crippen molar-refractivity contribution in [3.05, 3.63) is 60.2 Å². The lowest BCUT2D eigenvalue weighted by Gasteiger charge is -2.20. The van der Waals surface area contributed by atoms with Crippen molar-refractivity contribution in [2.45, 2.75) is 17.7 Å². The SMILES string of the molecule is CN(NC(=O)c1ccc(S(=O)(=O)N2CCCC2)cc1)c1ccccc1. The van der Waals surface area contributed by atoms with Gasteiger partial charge in [-0.3, -0.25) is 15.2 Å². The van der Waals surface area contributed by atoms with Crippen LogP contribution in [0.15, 0.2) is 59.5 Å². The lowest BCUT2D eigenvalue weighted by Crippen LogP contribution is -2.39. The number of para-hydroxylation sites is 1. The summed E-state index contributed by atoms with van der Waals surface area (Å²) in [5.74, 6) is -0.295. The van der Waals surface area contributed by atoms with E-state index in [1.165, 1.54) is 28.6 Å². The summed E-state index contributed by atoms with van der Waals surface area (Å²) in [6, 6.07) is 15.5. The summed E-state index contributed by atoms with van der Waals surface area (Å²) in [5, 5.41) is 1.62. The van der Waals surface area contributed by atoms with Gasteiger partial charge < -0.3 is 0 Å². The molecule has 1 N–H and O–H groups in total. The third kappa shape index (κ3) is 3.83. The largest absolute Gasteiger partial charge is 0.288 e. The van der Waals surface area contributed by atoms with E-state index in [2.05, 4.69) is 5.43 Å². The Morgan fingerprint density at radius 1 is 1.00 bits per heavy atom. The Morgan fingerprint density at radius 2 is 1.60 bits per heavy atom. The first-order valence-corrected chi connectivity index (χ1v) is 9.62. The maximum atomic E-state index is 12.5. The van der Waals surface area contributed by atoms with E-state index in [4.69, 9.17) is 0 Å². The average Bonchev–Trinajstić information content (AvgIpc) is 3.18. The predicted molar refractivity (Wildman–Crippen MR) is 96.7 cm³/mol. The number of benzene rings is 2. The number of nitrogens with zero attached hydrogens (tertiary/aromatic N) is 2. The van der Waals surface area contributed by atoms with E-state index in [0.717, 1.165) is 18.5 Å². The van der Waals surface area contributed by atoms with Crippen LogP contribution in [0, 0.1) is 0 Å². The Balaban J connectivity index is 1.70. The highest BCUT2D eigenvalue weighted by Gasteiger charge is 2.27. The molecule has 0 aliphatic carbocycles. The minimum absolute atomic E-state index is 0.224. The molecule has 7 heteroatoms. The number of carbonyl (C=O) groups excluding carboxylic acids is 1. The second-order valence-corrected chi connectivity index (χ2v) is 7.91. The zero-order valence-electron chi connectivity index (χ0n) is 14.1. The summed E-state index contributed by atoms with van der Waals surface area (Å²) in [4.78, 5) is 12.6. The standard InChI is InChI=1S/C18H21N3O3S/c1-20(16-7-3-2-4-8-16)19-18(22)15-9-11-17(12-10-15)25(23,24)21-13-5-6-14-21/h2-4,7-12H,5-6,13-14H2,1H3,(H,19,22). The van der Waals surface area contributed by atoms with Crippen LogP contribution in [-0.4, -0.2) is 38.8 Å². The summed E-state index contributed by atoms with van der Waals surface area (Å²) in [6.07, 6.45) is 1.79. The number of amides is 1. The number of hydrazine groups is 1. The molecule has 1 heterocycles. The molecule has 0 unspecified atom stereocenters. The molecule has 1 fully saturated rings. The first-order chi connectivity index (χ1) is 12.0. The van der Waals surface area contributed by atoms with E-state index in [9.17, 15) is 13.2 Å². The number of rotatable bonds is 5. The van der Waals surface area contributed by atoms with Gasteiger partial charge in [0.25, 0.3) is 5.91 Å². The van der Waals surface area contributed by atoms with Gasteiger partial charge in [0.15, 0.2) is 0 Å². The zero-order valence-corrected chi connectivity index (χ0v) is 14.9. The fourth-order valence-electron chi connectivity index (χ4n) is 2.79. The minimum atomic E-state index is -3.46. The Labute approximate surface area is 148 Å². The van der Waals surface area contributed by atoms with Crippen LogP contribution in [0.5, 0.6) is 0 Å². The van der Waals surface area contributed by atoms with Gasteiger partial charge in [0.05, 0.1) is 10.6 Å². The van der Waals surface area contributed by atoms with Crippen LogP contribution in [0.1, 0.15) is 23.2 Å². The molecular formula is C18H21N3O3S. The molecule has 0 aromatic heterocycles. The Hall–Kier alpha value is -2.38. The highest BCUT2D eigenvalue weighted by atomic mass is 32.2. The molecule has 0 bridgehead atoms. The summed E-state index contributed by atoms with van der Waals surface area (Å²) in [7, 11) is -1.71. The van der Waals surface area contributed by atoms with E-state index in [1.54, 1.807) is 12.1 Å². The number of nitrogens with one attached hydrogen (secondary N) is 1. The Bertz CT molecular complexity index is 830. The molecule has 0 radical (unpaired) electrons. The van der Waals surface area contributed by atoms with Crippen LogP contribution in [0.2, 0.25) is 0 Å². The smallest absolute Gasteiger partial charge is 0.269 e. The molecule has 1 aliphatic heterocycles. The molecule has 6 nitrogen and oxygen atoms in total. The third-order valence-electron chi connectivity index (χ3n) is 4.23. The van der Waals surface area contributed by atoms with Crippen molar-refractivity contribution in [1.29, 1.82) is 0 Å². The van der Waals surface area contributed by atoms with E-state index in [1.807, 2.05) is 30.3 Å². The maximum Gasteiger partial charge on any atom is 0.269 e. The number of carbonyl (C=O) groups is 1. The molecule has 0 spiro atoms. The normalized spacial score (nSPS) is 15.1. The highest BCUT2D eigenvalue weighted by molar-refractivity contribution is 7.89. The zero-order chi connectivity index (χ0) is 17.9. The summed E-state index contributed by atoms with van der Waals surface area (Å²) in [6.45, 7) is 1.12. The third-order valence-corrected chi connectivity index (χ3v) is 6.14. The van der Waals surface area contributed by atoms with Gasteiger partial charge in [0.2, 0.25) is 10.0 Å². The molecule has 1 saturated heterocycles. The molecule has 25 heavy (non-hydrogen) atoms. The summed E-state index contributed by atoms with van der Waals surface area (Å²) >= 11 is 0. The summed E-state index contributed by atoms with van der Waals surface area (Å²) < 4.78 is 26.5. The molecule has 132 valence electrons. The number of hydrogen-bond acceptors (Lipinski definition) is 4. The van der Waals surface area contributed by atoms with Crippen molar-refractivity contribution >= 4 is 21.6 Å². The number of sulfonamides is 1. The molecule has 3 rings (SSSR count). The second kappa shape index (κ2) is 7.25. The first-order valence-electron chi connectivity index (χ1n) is 8.18. The van der Waals surface area contributed by atoms with Crippen molar-refractivity contribution in [2.24, 2.45) is 0 Å². The van der Waals surface area contributed by atoms with Crippen LogP contribution in [0.4, 0.5) is 5.69 Å².